The van der Waals surface area contributed by atoms with Gasteiger partial charge in [-0.25, -0.2) is 0 Å². The Morgan fingerprint density at radius 1 is 1.24 bits per heavy atom. The fourth-order valence-corrected chi connectivity index (χ4v) is 2.15. The molecule has 0 fully saturated rings. The molecule has 0 aliphatic carbocycles. The first-order valence-corrected chi connectivity index (χ1v) is 8.10. The van der Waals surface area contributed by atoms with Crippen molar-refractivity contribution in [3.05, 3.63) is 18.5 Å². The van der Waals surface area contributed by atoms with E-state index in [9.17, 15) is 14.4 Å². The molecule has 25 heavy (non-hydrogen) atoms. The molecular weight excluding hydrogens is 326 g/mol. The molecule has 0 radical (unpaired) electrons. The fraction of sp³-hybridized carbons (Fsp3) is 0.625. The molecule has 0 aromatic carbocycles. The van der Waals surface area contributed by atoms with Crippen LogP contribution in [0.25, 0.3) is 0 Å². The van der Waals surface area contributed by atoms with Gasteiger partial charge in [-0.1, -0.05) is 0 Å². The molecule has 1 heterocycles. The van der Waals surface area contributed by atoms with Crippen LogP contribution in [0.2, 0.25) is 0 Å². The normalized spacial score (nSPS) is 11.7. The van der Waals surface area contributed by atoms with Crippen LogP contribution in [-0.2, 0) is 19.1 Å². The van der Waals surface area contributed by atoms with Crippen molar-refractivity contribution < 1.29 is 19.1 Å². The Bertz CT molecular complexity index is 561. The zero-order valence-electron chi connectivity index (χ0n) is 15.3. The first-order chi connectivity index (χ1) is 11.9. The van der Waals surface area contributed by atoms with E-state index in [4.69, 9.17) is 4.74 Å². The van der Waals surface area contributed by atoms with E-state index in [1.165, 1.54) is 21.5 Å². The number of carbonyl (C=O) groups excluding carboxylic acids is 3. The Labute approximate surface area is 147 Å². The van der Waals surface area contributed by atoms with Gasteiger partial charge < -0.3 is 19.9 Å². The van der Waals surface area contributed by atoms with Crippen molar-refractivity contribution in [2.75, 3.05) is 47.4 Å². The number of aromatic nitrogens is 2. The van der Waals surface area contributed by atoms with Gasteiger partial charge in [-0.15, -0.1) is 0 Å². The molecule has 0 aliphatic rings. The van der Waals surface area contributed by atoms with Crippen molar-refractivity contribution in [3.63, 3.8) is 0 Å². The highest BCUT2D eigenvalue weighted by atomic mass is 16.5. The molecule has 9 nitrogen and oxygen atoms in total. The smallest absolute Gasteiger partial charge is 0.247 e. The van der Waals surface area contributed by atoms with E-state index in [0.717, 1.165) is 0 Å². The van der Waals surface area contributed by atoms with E-state index < -0.39 is 6.04 Å². The Kier molecular flexibility index (Phi) is 8.62. The summed E-state index contributed by atoms with van der Waals surface area (Å²) in [6.07, 6.45) is 3.99. The van der Waals surface area contributed by atoms with Crippen LogP contribution in [0.5, 0.6) is 0 Å². The van der Waals surface area contributed by atoms with Gasteiger partial charge in [0, 0.05) is 46.8 Å². The van der Waals surface area contributed by atoms with Crippen LogP contribution < -0.4 is 5.32 Å². The highest BCUT2D eigenvalue weighted by Crippen LogP contribution is 2.07. The van der Waals surface area contributed by atoms with Gasteiger partial charge in [0.05, 0.1) is 13.1 Å². The first kappa shape index (κ1) is 20.6. The van der Waals surface area contributed by atoms with Gasteiger partial charge in [-0.2, -0.15) is 5.10 Å². The summed E-state index contributed by atoms with van der Waals surface area (Å²) in [5.74, 6) is -0.782. The lowest BCUT2D eigenvalue weighted by molar-refractivity contribution is -0.141. The third kappa shape index (κ3) is 6.92. The van der Waals surface area contributed by atoms with Crippen molar-refractivity contribution in [3.8, 4) is 0 Å². The Balaban J connectivity index is 2.40. The minimum atomic E-state index is -0.498. The fourth-order valence-electron chi connectivity index (χ4n) is 2.15. The third-order valence-corrected chi connectivity index (χ3v) is 3.68. The van der Waals surface area contributed by atoms with Gasteiger partial charge in [0.2, 0.25) is 17.7 Å². The number of likely N-dealkylation sites (N-methyl/N-ethyl adjacent to an activating group) is 2. The van der Waals surface area contributed by atoms with Crippen LogP contribution >= 0.6 is 0 Å². The van der Waals surface area contributed by atoms with E-state index in [0.29, 0.717) is 19.6 Å². The zero-order chi connectivity index (χ0) is 18.8. The molecule has 1 N–H and O–H groups in total. The zero-order valence-corrected chi connectivity index (χ0v) is 15.3. The van der Waals surface area contributed by atoms with Crippen molar-refractivity contribution in [2.24, 2.45) is 0 Å². The number of ether oxygens (including phenoxy) is 1. The van der Waals surface area contributed by atoms with Crippen LogP contribution in [0.3, 0.4) is 0 Å². The second-order valence-electron chi connectivity index (χ2n) is 5.80. The lowest BCUT2D eigenvalue weighted by atomic mass is 10.3. The molecule has 9 heteroatoms. The summed E-state index contributed by atoms with van der Waals surface area (Å²) in [5.41, 5.74) is 0. The highest BCUT2D eigenvalue weighted by Gasteiger charge is 2.23. The van der Waals surface area contributed by atoms with Gasteiger partial charge in [0.15, 0.2) is 0 Å². The van der Waals surface area contributed by atoms with Crippen LogP contribution in [0.15, 0.2) is 18.5 Å². The van der Waals surface area contributed by atoms with Gasteiger partial charge in [-0.05, 0) is 19.4 Å². The second kappa shape index (κ2) is 10.4. The highest BCUT2D eigenvalue weighted by molar-refractivity contribution is 5.88. The van der Waals surface area contributed by atoms with Crippen LogP contribution in [-0.4, -0.2) is 84.7 Å². The van der Waals surface area contributed by atoms with Gasteiger partial charge in [0.25, 0.3) is 0 Å². The van der Waals surface area contributed by atoms with Crippen molar-refractivity contribution in [1.29, 1.82) is 0 Å². The number of nitrogens with one attached hydrogen (secondary N) is 1. The first-order valence-electron chi connectivity index (χ1n) is 8.10. The average Bonchev–Trinajstić information content (AvgIpc) is 3.11. The van der Waals surface area contributed by atoms with Gasteiger partial charge in [-0.3, -0.25) is 19.1 Å². The number of hydrogen-bond donors (Lipinski definition) is 1. The molecule has 1 aromatic rings. The standard InChI is InChI=1S/C16H27N5O4/c1-13(21-9-5-8-18-21)16(24)20(3)12-15(23)19(2)11-14(22)17-7-6-10-25-4/h5,8-9,13H,6-7,10-12H2,1-4H3,(H,17,22). The van der Waals surface area contributed by atoms with E-state index in [1.807, 2.05) is 0 Å². The van der Waals surface area contributed by atoms with Gasteiger partial charge >= 0.3 is 0 Å². The summed E-state index contributed by atoms with van der Waals surface area (Å²) in [4.78, 5) is 38.9. The van der Waals surface area contributed by atoms with Crippen molar-refractivity contribution in [2.45, 2.75) is 19.4 Å². The number of hydrogen-bond acceptors (Lipinski definition) is 5. The summed E-state index contributed by atoms with van der Waals surface area (Å²) in [6, 6.07) is 1.23. The number of methoxy groups -OCH3 is 1. The molecule has 1 unspecified atom stereocenters. The van der Waals surface area contributed by atoms with Crippen molar-refractivity contribution >= 4 is 17.7 Å². The van der Waals surface area contributed by atoms with Crippen LogP contribution in [0, 0.1) is 0 Å². The quantitative estimate of drug-likeness (QED) is 0.573. The number of nitrogens with zero attached hydrogens (tertiary/aromatic N) is 4. The largest absolute Gasteiger partial charge is 0.385 e. The minimum absolute atomic E-state index is 0.0530. The number of amides is 3. The molecule has 0 saturated carbocycles. The molecule has 0 saturated heterocycles. The van der Waals surface area contributed by atoms with E-state index in [1.54, 1.807) is 39.5 Å². The number of carbonyl (C=O) groups is 3. The molecule has 0 aliphatic heterocycles. The molecule has 0 bridgehead atoms. The van der Waals surface area contributed by atoms with E-state index in [-0.39, 0.29) is 30.8 Å². The molecule has 1 rings (SSSR count). The second-order valence-corrected chi connectivity index (χ2v) is 5.80. The van der Waals surface area contributed by atoms with Crippen LogP contribution in [0.4, 0.5) is 0 Å². The maximum atomic E-state index is 12.3. The molecular formula is C16H27N5O4. The summed E-state index contributed by atoms with van der Waals surface area (Å²) < 4.78 is 6.42. The lowest BCUT2D eigenvalue weighted by Crippen LogP contribution is -2.45. The Hall–Kier alpha value is -2.42. The summed E-state index contributed by atoms with van der Waals surface area (Å²) in [5, 5.41) is 6.74. The number of rotatable bonds is 10. The lowest BCUT2D eigenvalue weighted by Gasteiger charge is -2.24. The van der Waals surface area contributed by atoms with Gasteiger partial charge in [0.1, 0.15) is 6.04 Å². The topological polar surface area (TPSA) is 96.8 Å². The molecule has 3 amide bonds. The van der Waals surface area contributed by atoms with E-state index in [2.05, 4.69) is 10.4 Å². The molecule has 140 valence electrons. The monoisotopic (exact) mass is 353 g/mol. The maximum Gasteiger partial charge on any atom is 0.247 e. The van der Waals surface area contributed by atoms with E-state index >= 15 is 0 Å². The molecule has 0 spiro atoms. The maximum absolute atomic E-state index is 12.3. The predicted molar refractivity (Wildman–Crippen MR) is 91.7 cm³/mol. The summed E-state index contributed by atoms with van der Waals surface area (Å²) >= 11 is 0. The Morgan fingerprint density at radius 2 is 1.96 bits per heavy atom. The summed E-state index contributed by atoms with van der Waals surface area (Å²) in [7, 11) is 4.69. The predicted octanol–water partition coefficient (Wildman–Crippen LogP) is -0.486. The van der Waals surface area contributed by atoms with Crippen LogP contribution in [0.1, 0.15) is 19.4 Å². The molecule has 1 atom stereocenters. The SMILES string of the molecule is COCCCNC(=O)CN(C)C(=O)CN(C)C(=O)C(C)n1cccn1. The van der Waals surface area contributed by atoms with Crippen molar-refractivity contribution in [1.82, 2.24) is 24.9 Å². The molecule has 1 aromatic heterocycles. The minimum Gasteiger partial charge on any atom is -0.385 e. The third-order valence-electron chi connectivity index (χ3n) is 3.68. The average molecular weight is 353 g/mol. The Morgan fingerprint density at radius 3 is 2.56 bits per heavy atom. The summed E-state index contributed by atoms with van der Waals surface area (Å²) in [6.45, 7) is 2.62.